The molecule has 46 heavy (non-hydrogen) atoms. The van der Waals surface area contributed by atoms with Gasteiger partial charge in [0.2, 0.25) is 0 Å². The molecule has 244 valence electrons. The molecule has 11 heteroatoms. The molecular formula is C35H42F3N7S. The SMILES string of the molecule is Cc1nc(N2CCC3(CCN(Cc4ccc5c(cc(C#N)n5C[C@H](C)N5CCCCC5)c4C)C3)C2)c2cc(CC(F)(F)F)sc2n1. The van der Waals surface area contributed by atoms with Crippen molar-refractivity contribution in [3.05, 3.63) is 51.8 Å². The van der Waals surface area contributed by atoms with Gasteiger partial charge in [0, 0.05) is 60.0 Å². The standard InChI is InChI=1S/C35H42F3N7S/c1-23(43-11-5-4-6-12-43)19-45-27(18-39)15-29-24(2)26(7-8-31(29)45)20-42-13-9-34(21-42)10-14-44(22-34)32-30-16-28(17-35(36,37)38)46-33(30)41-25(3)40-32/h7-8,15-16,23H,4-6,9-14,17,19-22H2,1-3H3/t23-,34?/m0/s1. The first kappa shape index (κ1) is 31.4. The van der Waals surface area contributed by atoms with E-state index in [1.807, 2.05) is 6.92 Å². The normalized spacial score (nSPS) is 22.1. The molecule has 0 N–H and O–H groups in total. The summed E-state index contributed by atoms with van der Waals surface area (Å²) in [5.41, 5.74) is 4.56. The summed E-state index contributed by atoms with van der Waals surface area (Å²) in [5, 5.41) is 11.9. The summed E-state index contributed by atoms with van der Waals surface area (Å²) < 4.78 is 41.6. The molecule has 1 aromatic carbocycles. The van der Waals surface area contributed by atoms with Crippen LogP contribution in [0.2, 0.25) is 0 Å². The zero-order valence-corrected chi connectivity index (χ0v) is 27.8. The zero-order valence-electron chi connectivity index (χ0n) is 27.0. The highest BCUT2D eigenvalue weighted by atomic mass is 32.1. The van der Waals surface area contributed by atoms with Crippen molar-refractivity contribution in [1.29, 1.82) is 5.26 Å². The lowest BCUT2D eigenvalue weighted by atomic mass is 9.86. The molecule has 3 saturated heterocycles. The molecule has 7 nitrogen and oxygen atoms in total. The van der Waals surface area contributed by atoms with E-state index >= 15 is 0 Å². The van der Waals surface area contributed by atoms with Gasteiger partial charge in [-0.05, 0) is 95.4 Å². The van der Waals surface area contributed by atoms with Crippen LogP contribution in [0.15, 0.2) is 24.3 Å². The predicted octanol–water partition coefficient (Wildman–Crippen LogP) is 7.22. The van der Waals surface area contributed by atoms with Crippen LogP contribution in [0.3, 0.4) is 0 Å². The zero-order chi connectivity index (χ0) is 32.2. The summed E-state index contributed by atoms with van der Waals surface area (Å²) in [7, 11) is 0. The van der Waals surface area contributed by atoms with Crippen molar-refractivity contribution in [2.75, 3.05) is 44.2 Å². The Morgan fingerprint density at radius 3 is 2.54 bits per heavy atom. The monoisotopic (exact) mass is 649 g/mol. The number of thiophene rings is 1. The molecule has 0 saturated carbocycles. The number of hydrogen-bond donors (Lipinski definition) is 0. The maximum absolute atomic E-state index is 13.1. The average Bonchev–Trinajstić information content (AvgIpc) is 3.80. The van der Waals surface area contributed by atoms with Crippen molar-refractivity contribution in [1.82, 2.24) is 24.3 Å². The number of aromatic nitrogens is 3. The molecule has 0 radical (unpaired) electrons. The van der Waals surface area contributed by atoms with Crippen LogP contribution in [0.4, 0.5) is 19.0 Å². The van der Waals surface area contributed by atoms with Crippen LogP contribution >= 0.6 is 11.3 Å². The largest absolute Gasteiger partial charge is 0.393 e. The second kappa shape index (κ2) is 12.1. The highest BCUT2D eigenvalue weighted by Crippen LogP contribution is 2.44. The van der Waals surface area contributed by atoms with E-state index in [-0.39, 0.29) is 10.3 Å². The number of hydrogen-bond acceptors (Lipinski definition) is 7. The van der Waals surface area contributed by atoms with Gasteiger partial charge in [-0.15, -0.1) is 11.3 Å². The smallest absolute Gasteiger partial charge is 0.355 e. The summed E-state index contributed by atoms with van der Waals surface area (Å²) in [4.78, 5) is 17.5. The first-order valence-electron chi connectivity index (χ1n) is 16.6. The van der Waals surface area contributed by atoms with E-state index in [9.17, 15) is 18.4 Å². The number of benzene rings is 1. The third-order valence-corrected chi connectivity index (χ3v) is 11.6. The fourth-order valence-corrected chi connectivity index (χ4v) is 9.26. The van der Waals surface area contributed by atoms with Gasteiger partial charge in [0.15, 0.2) is 0 Å². The minimum absolute atomic E-state index is 0.135. The third-order valence-electron chi connectivity index (χ3n) is 10.6. The minimum atomic E-state index is -4.25. The van der Waals surface area contributed by atoms with Gasteiger partial charge in [-0.2, -0.15) is 18.4 Å². The Hall–Kier alpha value is -3.20. The van der Waals surface area contributed by atoms with Gasteiger partial charge < -0.3 is 9.47 Å². The van der Waals surface area contributed by atoms with E-state index in [0.717, 1.165) is 99.0 Å². The predicted molar refractivity (Wildman–Crippen MR) is 177 cm³/mol. The number of fused-ring (bicyclic) bond motifs is 2. The second-order valence-electron chi connectivity index (χ2n) is 13.9. The molecule has 3 aliphatic rings. The van der Waals surface area contributed by atoms with Gasteiger partial charge in [0.1, 0.15) is 28.2 Å². The van der Waals surface area contributed by atoms with E-state index in [1.54, 1.807) is 6.07 Å². The third kappa shape index (κ3) is 6.12. The van der Waals surface area contributed by atoms with Crippen LogP contribution < -0.4 is 4.90 Å². The van der Waals surface area contributed by atoms with E-state index < -0.39 is 12.6 Å². The van der Waals surface area contributed by atoms with Crippen LogP contribution in [0.5, 0.6) is 0 Å². The van der Waals surface area contributed by atoms with Gasteiger partial charge >= 0.3 is 6.18 Å². The lowest BCUT2D eigenvalue weighted by molar-refractivity contribution is -0.126. The number of nitriles is 1. The lowest BCUT2D eigenvalue weighted by Crippen LogP contribution is -2.39. The molecule has 6 heterocycles. The molecule has 3 fully saturated rings. The Morgan fingerprint density at radius 2 is 1.78 bits per heavy atom. The second-order valence-corrected chi connectivity index (χ2v) is 15.0. The summed E-state index contributed by atoms with van der Waals surface area (Å²) >= 11 is 1.12. The summed E-state index contributed by atoms with van der Waals surface area (Å²) in [6.07, 6.45) is 0.768. The van der Waals surface area contributed by atoms with E-state index in [2.05, 4.69) is 62.4 Å². The molecule has 0 aliphatic carbocycles. The molecular weight excluding hydrogens is 607 g/mol. The first-order chi connectivity index (χ1) is 22.0. The number of aryl methyl sites for hydroxylation is 2. The van der Waals surface area contributed by atoms with Crippen LogP contribution in [-0.4, -0.2) is 75.8 Å². The number of anilines is 1. The van der Waals surface area contributed by atoms with Gasteiger partial charge in [0.25, 0.3) is 0 Å². The first-order valence-corrected chi connectivity index (χ1v) is 17.4. The molecule has 1 unspecified atom stereocenters. The lowest BCUT2D eigenvalue weighted by Gasteiger charge is -2.32. The summed E-state index contributed by atoms with van der Waals surface area (Å²) in [5.74, 6) is 1.37. The molecule has 3 aromatic heterocycles. The fourth-order valence-electron chi connectivity index (χ4n) is 8.16. The maximum Gasteiger partial charge on any atom is 0.393 e. The van der Waals surface area contributed by atoms with Crippen molar-refractivity contribution in [2.24, 2.45) is 5.41 Å². The molecule has 0 amide bonds. The van der Waals surface area contributed by atoms with Gasteiger partial charge in [-0.3, -0.25) is 9.80 Å². The molecule has 2 atom stereocenters. The van der Waals surface area contributed by atoms with Crippen molar-refractivity contribution in [3.8, 4) is 6.07 Å². The van der Waals surface area contributed by atoms with Crippen LogP contribution in [-0.2, 0) is 19.5 Å². The number of alkyl halides is 3. The minimum Gasteiger partial charge on any atom is -0.355 e. The number of likely N-dealkylation sites (tertiary alicyclic amines) is 2. The molecule has 0 bridgehead atoms. The average molecular weight is 650 g/mol. The molecule has 1 spiro atoms. The van der Waals surface area contributed by atoms with Crippen LogP contribution in [0.1, 0.15) is 66.6 Å². The van der Waals surface area contributed by atoms with Crippen LogP contribution in [0, 0.1) is 30.6 Å². The quantitative estimate of drug-likeness (QED) is 0.211. The van der Waals surface area contributed by atoms with Gasteiger partial charge in [-0.1, -0.05) is 12.5 Å². The van der Waals surface area contributed by atoms with Gasteiger partial charge in [-0.25, -0.2) is 9.97 Å². The maximum atomic E-state index is 13.1. The molecule has 4 aromatic rings. The Labute approximate surface area is 272 Å². The Morgan fingerprint density at radius 1 is 1.00 bits per heavy atom. The van der Waals surface area contributed by atoms with Crippen molar-refractivity contribution in [2.45, 2.75) is 84.6 Å². The molecule has 3 aliphatic heterocycles. The van der Waals surface area contributed by atoms with E-state index in [4.69, 9.17) is 4.98 Å². The van der Waals surface area contributed by atoms with E-state index in [0.29, 0.717) is 16.7 Å². The van der Waals surface area contributed by atoms with E-state index in [1.165, 1.54) is 35.8 Å². The van der Waals surface area contributed by atoms with Crippen molar-refractivity contribution >= 4 is 38.3 Å². The Kier molecular flexibility index (Phi) is 8.27. The highest BCUT2D eigenvalue weighted by Gasteiger charge is 2.44. The highest BCUT2D eigenvalue weighted by molar-refractivity contribution is 7.18. The summed E-state index contributed by atoms with van der Waals surface area (Å²) in [6.45, 7) is 13.9. The summed E-state index contributed by atoms with van der Waals surface area (Å²) in [6, 6.07) is 11.0. The Balaban J connectivity index is 1.06. The molecule has 7 rings (SSSR count). The number of halogens is 3. The topological polar surface area (TPSA) is 64.2 Å². The number of piperidine rings is 1. The van der Waals surface area contributed by atoms with Crippen molar-refractivity contribution in [3.63, 3.8) is 0 Å². The fraction of sp³-hybridized carbons (Fsp3) is 0.571. The number of rotatable bonds is 7. The number of nitrogens with zero attached hydrogens (tertiary/aromatic N) is 7. The van der Waals surface area contributed by atoms with Crippen molar-refractivity contribution < 1.29 is 13.2 Å². The Bertz CT molecular complexity index is 1800. The van der Waals surface area contributed by atoms with Crippen LogP contribution in [0.25, 0.3) is 21.1 Å². The van der Waals surface area contributed by atoms with Gasteiger partial charge in [0.05, 0.1) is 11.8 Å².